The Kier molecular flexibility index (Phi) is 5.45. The molecule has 0 saturated heterocycles. The van der Waals surface area contributed by atoms with Crippen molar-refractivity contribution in [2.24, 2.45) is 0 Å². The molecule has 3 atom stereocenters. The number of ether oxygens (including phenoxy) is 1. The van der Waals surface area contributed by atoms with Gasteiger partial charge in [-0.15, -0.1) is 0 Å². The Morgan fingerprint density at radius 2 is 1.35 bits per heavy atom. The van der Waals surface area contributed by atoms with Crippen molar-refractivity contribution in [3.05, 3.63) is 162 Å². The van der Waals surface area contributed by atoms with Gasteiger partial charge in [0.15, 0.2) is 0 Å². The Hall–Kier alpha value is -5.54. The van der Waals surface area contributed by atoms with E-state index in [4.69, 9.17) is 4.74 Å². The van der Waals surface area contributed by atoms with Gasteiger partial charge in [0.05, 0.1) is 22.2 Å². The topological polar surface area (TPSA) is 19.1 Å². The summed E-state index contributed by atoms with van der Waals surface area (Å²) in [6.45, 7) is 2.35. The number of nitrogens with zero attached hydrogens (tertiary/aromatic N) is 2. The Morgan fingerprint density at radius 3 is 2.13 bits per heavy atom. The van der Waals surface area contributed by atoms with Gasteiger partial charge >= 0.3 is 0 Å². The van der Waals surface area contributed by atoms with Gasteiger partial charge in [-0.1, -0.05) is 110 Å². The fraction of sp³-hybridized carbons (Fsp3) is 0.116. The van der Waals surface area contributed by atoms with Crippen molar-refractivity contribution in [1.82, 2.24) is 9.13 Å². The summed E-state index contributed by atoms with van der Waals surface area (Å²) in [5.74, 6) is 1.53. The zero-order valence-electron chi connectivity index (χ0n) is 25.6. The van der Waals surface area contributed by atoms with Crippen LogP contribution in [0.5, 0.6) is 5.75 Å². The highest BCUT2D eigenvalue weighted by atomic mass is 16.5. The molecule has 0 fully saturated rings. The molecule has 0 bridgehead atoms. The van der Waals surface area contributed by atoms with Crippen LogP contribution in [-0.2, 0) is 0 Å². The van der Waals surface area contributed by atoms with Crippen LogP contribution in [0.2, 0.25) is 0 Å². The largest absolute Gasteiger partial charge is 0.483 e. The number of hydrogen-bond donors (Lipinski definition) is 0. The quantitative estimate of drug-likeness (QED) is 0.200. The van der Waals surface area contributed by atoms with Crippen LogP contribution in [0.1, 0.15) is 47.6 Å². The van der Waals surface area contributed by atoms with Crippen LogP contribution in [0.3, 0.4) is 0 Å². The molecule has 5 aromatic carbocycles. The van der Waals surface area contributed by atoms with Gasteiger partial charge in [-0.3, -0.25) is 0 Å². The number of para-hydroxylation sites is 4. The summed E-state index contributed by atoms with van der Waals surface area (Å²) in [6.07, 6.45) is 10.4. The molecule has 3 heteroatoms. The molecule has 0 spiro atoms. The van der Waals surface area contributed by atoms with Crippen LogP contribution in [0.15, 0.2) is 140 Å². The summed E-state index contributed by atoms with van der Waals surface area (Å²) in [5, 5.41) is 3.84. The van der Waals surface area contributed by atoms with Crippen molar-refractivity contribution in [3.8, 4) is 11.4 Å². The lowest BCUT2D eigenvalue weighted by atomic mass is 9.85. The normalized spacial score (nSPS) is 19.9. The Balaban J connectivity index is 1.20. The van der Waals surface area contributed by atoms with Gasteiger partial charge < -0.3 is 13.9 Å². The Bertz CT molecular complexity index is 2410. The van der Waals surface area contributed by atoms with Crippen LogP contribution < -0.4 is 4.74 Å². The molecular weight excluding hydrogens is 560 g/mol. The molecule has 3 aliphatic rings. The van der Waals surface area contributed by atoms with E-state index in [0.717, 1.165) is 12.2 Å². The maximum Gasteiger partial charge on any atom is 0.149 e. The second-order valence-electron chi connectivity index (χ2n) is 12.9. The average molecular weight is 593 g/mol. The number of benzene rings is 5. The first-order valence-electron chi connectivity index (χ1n) is 16.3. The Labute approximate surface area is 268 Å². The molecule has 0 N–H and O–H groups in total. The first kappa shape index (κ1) is 25.8. The van der Waals surface area contributed by atoms with E-state index in [1.54, 1.807) is 0 Å². The Morgan fingerprint density at radius 1 is 0.674 bits per heavy atom. The van der Waals surface area contributed by atoms with Gasteiger partial charge in [-0.2, -0.15) is 0 Å². The van der Waals surface area contributed by atoms with Crippen LogP contribution in [0.25, 0.3) is 55.7 Å². The molecule has 7 aromatic rings. The van der Waals surface area contributed by atoms with Crippen molar-refractivity contribution in [3.63, 3.8) is 0 Å². The molecule has 3 heterocycles. The molecule has 10 rings (SSSR count). The molecule has 2 aliphatic carbocycles. The average Bonchev–Trinajstić information content (AvgIpc) is 3.77. The van der Waals surface area contributed by atoms with E-state index in [-0.39, 0.29) is 12.0 Å². The summed E-state index contributed by atoms with van der Waals surface area (Å²) in [7, 11) is 0. The van der Waals surface area contributed by atoms with E-state index in [1.807, 2.05) is 0 Å². The van der Waals surface area contributed by atoms with E-state index in [1.165, 1.54) is 72.1 Å². The van der Waals surface area contributed by atoms with E-state index < -0.39 is 0 Å². The van der Waals surface area contributed by atoms with Gasteiger partial charge in [0, 0.05) is 50.5 Å². The third-order valence-corrected chi connectivity index (χ3v) is 10.3. The number of rotatable bonds is 3. The maximum absolute atomic E-state index is 6.79. The third kappa shape index (κ3) is 3.60. The molecule has 0 radical (unpaired) electrons. The van der Waals surface area contributed by atoms with Gasteiger partial charge in [-0.25, -0.2) is 0 Å². The second-order valence-corrected chi connectivity index (χ2v) is 12.9. The molecule has 3 unspecified atom stereocenters. The molecular formula is C43H32N2O. The van der Waals surface area contributed by atoms with Crippen LogP contribution in [0, 0.1) is 0 Å². The standard InChI is InChI=1S/C43H32N2O/c1-27-12-10-19-35-33-17-4-6-20-37(33)44(42(27)35)30-14-11-13-28(24-30)29-25-36-34-18-5-9-23-41(34)46-43(36)40(26-29)45-38-21-7-2-15-31(38)32-16-3-8-22-39(32)45/h2-11,13-27,36,43H,12H2,1H3. The molecule has 46 heavy (non-hydrogen) atoms. The first-order valence-corrected chi connectivity index (χ1v) is 16.3. The summed E-state index contributed by atoms with van der Waals surface area (Å²) in [4.78, 5) is 0. The smallest absolute Gasteiger partial charge is 0.149 e. The van der Waals surface area contributed by atoms with Gasteiger partial charge in [0.1, 0.15) is 11.9 Å². The minimum Gasteiger partial charge on any atom is -0.483 e. The van der Waals surface area contributed by atoms with Crippen LogP contribution in [-0.4, -0.2) is 15.2 Å². The van der Waals surface area contributed by atoms with Crippen molar-refractivity contribution < 1.29 is 4.74 Å². The minimum atomic E-state index is -0.114. The lowest BCUT2D eigenvalue weighted by Gasteiger charge is -2.27. The van der Waals surface area contributed by atoms with E-state index in [9.17, 15) is 0 Å². The highest BCUT2D eigenvalue weighted by Gasteiger charge is 2.39. The molecule has 220 valence electrons. The predicted molar refractivity (Wildman–Crippen MR) is 191 cm³/mol. The molecule has 2 aromatic heterocycles. The number of hydrogen-bond acceptors (Lipinski definition) is 1. The van der Waals surface area contributed by atoms with Crippen LogP contribution >= 0.6 is 0 Å². The predicted octanol–water partition coefficient (Wildman–Crippen LogP) is 10.7. The summed E-state index contributed by atoms with van der Waals surface area (Å²) in [6, 6.07) is 44.0. The number of fused-ring (bicyclic) bond motifs is 9. The van der Waals surface area contributed by atoms with Gasteiger partial charge in [0.25, 0.3) is 0 Å². The minimum absolute atomic E-state index is 0.111. The zero-order chi connectivity index (χ0) is 30.4. The third-order valence-electron chi connectivity index (χ3n) is 10.3. The first-order chi connectivity index (χ1) is 22.7. The fourth-order valence-corrected chi connectivity index (χ4v) is 8.26. The maximum atomic E-state index is 6.79. The summed E-state index contributed by atoms with van der Waals surface area (Å²) < 4.78 is 11.7. The van der Waals surface area contributed by atoms with Crippen molar-refractivity contribution in [2.75, 3.05) is 0 Å². The van der Waals surface area contributed by atoms with Gasteiger partial charge in [-0.05, 0) is 60.0 Å². The van der Waals surface area contributed by atoms with Crippen molar-refractivity contribution >= 4 is 50.1 Å². The molecule has 0 amide bonds. The number of aromatic nitrogens is 2. The fourth-order valence-electron chi connectivity index (χ4n) is 8.26. The summed E-state index contributed by atoms with van der Waals surface area (Å²) in [5.41, 5.74) is 12.5. The van der Waals surface area contributed by atoms with Crippen molar-refractivity contribution in [1.29, 1.82) is 0 Å². The van der Waals surface area contributed by atoms with E-state index in [2.05, 4.69) is 162 Å². The van der Waals surface area contributed by atoms with Crippen LogP contribution in [0.4, 0.5) is 0 Å². The van der Waals surface area contributed by atoms with Crippen molar-refractivity contribution in [2.45, 2.75) is 31.3 Å². The second kappa shape index (κ2) is 9.73. The summed E-state index contributed by atoms with van der Waals surface area (Å²) >= 11 is 0. The highest BCUT2D eigenvalue weighted by Crippen LogP contribution is 2.49. The highest BCUT2D eigenvalue weighted by molar-refractivity contribution is 6.10. The SMILES string of the molecule is CC1CC=Cc2c1n(-c1cccc(C3=CC4c5ccccc5OC4C(n4c5ccccc5c5ccccc54)=C3)c1)c1ccccc21. The molecule has 0 saturated carbocycles. The molecule has 1 aliphatic heterocycles. The van der Waals surface area contributed by atoms with Gasteiger partial charge in [0.2, 0.25) is 0 Å². The van der Waals surface area contributed by atoms with E-state index in [0.29, 0.717) is 5.92 Å². The van der Waals surface area contributed by atoms with E-state index >= 15 is 0 Å². The molecule has 3 nitrogen and oxygen atoms in total. The zero-order valence-corrected chi connectivity index (χ0v) is 25.6. The lowest BCUT2D eigenvalue weighted by Crippen LogP contribution is -2.25. The number of allylic oxidation sites excluding steroid dienone is 3. The lowest BCUT2D eigenvalue weighted by molar-refractivity contribution is 0.273. The monoisotopic (exact) mass is 592 g/mol.